The van der Waals surface area contributed by atoms with E-state index in [9.17, 15) is 5.11 Å². The summed E-state index contributed by atoms with van der Waals surface area (Å²) in [5.74, 6) is 3.48. The van der Waals surface area contributed by atoms with Crippen molar-refractivity contribution in [2.45, 2.75) is 70.4 Å². The minimum absolute atomic E-state index is 0.161. The summed E-state index contributed by atoms with van der Waals surface area (Å²) in [6.07, 6.45) is 12.2. The van der Waals surface area contributed by atoms with Crippen LogP contribution >= 0.6 is 0 Å². The Morgan fingerprint density at radius 3 is 2.80 bits per heavy atom. The average Bonchev–Trinajstić information content (AvgIpc) is 2.74. The molecular formula is C18H29NO. The lowest BCUT2D eigenvalue weighted by molar-refractivity contribution is -0.0110. The molecule has 112 valence electrons. The molecule has 4 aliphatic rings. The molecular weight excluding hydrogens is 246 g/mol. The van der Waals surface area contributed by atoms with Crippen LogP contribution in [0.15, 0.2) is 11.6 Å². The van der Waals surface area contributed by atoms with E-state index in [1.54, 1.807) is 5.57 Å². The number of aliphatic hydroxyl groups is 1. The SMILES string of the molecule is C[C@]12CC[C@H]3[C@@H](CCC4=C[C@@H](O)CC[C@@H]43)[C@@H]1CC[C@H]2N. The highest BCUT2D eigenvalue weighted by molar-refractivity contribution is 5.20. The number of aliphatic hydroxyl groups excluding tert-OH is 1. The third kappa shape index (κ3) is 1.77. The summed E-state index contributed by atoms with van der Waals surface area (Å²) in [4.78, 5) is 0. The van der Waals surface area contributed by atoms with E-state index in [0.717, 1.165) is 30.1 Å². The number of nitrogens with two attached hydrogens (primary N) is 1. The highest BCUT2D eigenvalue weighted by Gasteiger charge is 2.55. The Labute approximate surface area is 122 Å². The number of hydrogen-bond donors (Lipinski definition) is 2. The summed E-state index contributed by atoms with van der Waals surface area (Å²) in [5.41, 5.74) is 8.47. The zero-order chi connectivity index (χ0) is 13.9. The summed E-state index contributed by atoms with van der Waals surface area (Å²) in [5, 5.41) is 9.88. The first kappa shape index (κ1) is 13.3. The monoisotopic (exact) mass is 275 g/mol. The van der Waals surface area contributed by atoms with E-state index in [0.29, 0.717) is 11.5 Å². The fourth-order valence-electron chi connectivity index (χ4n) is 6.35. The van der Waals surface area contributed by atoms with Gasteiger partial charge in [0.2, 0.25) is 0 Å². The van der Waals surface area contributed by atoms with Crippen LogP contribution in [0.4, 0.5) is 0 Å². The smallest absolute Gasteiger partial charge is 0.0723 e. The Morgan fingerprint density at radius 2 is 1.95 bits per heavy atom. The molecule has 0 radical (unpaired) electrons. The van der Waals surface area contributed by atoms with Gasteiger partial charge in [-0.05, 0) is 80.5 Å². The molecule has 0 spiro atoms. The summed E-state index contributed by atoms with van der Waals surface area (Å²) in [6, 6.07) is 0.443. The van der Waals surface area contributed by atoms with Gasteiger partial charge in [-0.3, -0.25) is 0 Å². The molecule has 20 heavy (non-hydrogen) atoms. The highest BCUT2D eigenvalue weighted by Crippen LogP contribution is 2.61. The van der Waals surface area contributed by atoms with Crippen LogP contribution in [0, 0.1) is 29.1 Å². The van der Waals surface area contributed by atoms with Crippen LogP contribution in [0.3, 0.4) is 0 Å². The summed E-state index contributed by atoms with van der Waals surface area (Å²) in [6.45, 7) is 2.47. The first-order valence-electron chi connectivity index (χ1n) is 8.74. The second kappa shape index (κ2) is 4.58. The second-order valence-corrected chi connectivity index (χ2v) is 8.19. The van der Waals surface area contributed by atoms with E-state index in [2.05, 4.69) is 13.0 Å². The number of allylic oxidation sites excluding steroid dienone is 1. The highest BCUT2D eigenvalue weighted by atomic mass is 16.3. The van der Waals surface area contributed by atoms with E-state index in [1.807, 2.05) is 0 Å². The molecule has 0 aromatic carbocycles. The Hall–Kier alpha value is -0.340. The van der Waals surface area contributed by atoms with Gasteiger partial charge in [0, 0.05) is 6.04 Å². The lowest BCUT2D eigenvalue weighted by atomic mass is 9.52. The fourth-order valence-corrected chi connectivity index (χ4v) is 6.35. The zero-order valence-electron chi connectivity index (χ0n) is 12.7. The topological polar surface area (TPSA) is 46.2 Å². The largest absolute Gasteiger partial charge is 0.389 e. The lowest BCUT2D eigenvalue weighted by Gasteiger charge is -2.54. The van der Waals surface area contributed by atoms with Gasteiger partial charge in [0.15, 0.2) is 0 Å². The first-order valence-corrected chi connectivity index (χ1v) is 8.74. The van der Waals surface area contributed by atoms with Crippen LogP contribution in [-0.4, -0.2) is 17.3 Å². The summed E-state index contributed by atoms with van der Waals surface area (Å²) < 4.78 is 0. The second-order valence-electron chi connectivity index (χ2n) is 8.19. The van der Waals surface area contributed by atoms with Gasteiger partial charge in [0.1, 0.15) is 0 Å². The fraction of sp³-hybridized carbons (Fsp3) is 0.889. The number of hydrogen-bond acceptors (Lipinski definition) is 2. The average molecular weight is 275 g/mol. The van der Waals surface area contributed by atoms with Crippen LogP contribution in [-0.2, 0) is 0 Å². The molecule has 4 rings (SSSR count). The van der Waals surface area contributed by atoms with Crippen LogP contribution in [0.5, 0.6) is 0 Å². The summed E-state index contributed by atoms with van der Waals surface area (Å²) >= 11 is 0. The number of fused-ring (bicyclic) bond motifs is 5. The van der Waals surface area contributed by atoms with Gasteiger partial charge < -0.3 is 10.8 Å². The van der Waals surface area contributed by atoms with E-state index < -0.39 is 0 Å². The van der Waals surface area contributed by atoms with Gasteiger partial charge in [0.05, 0.1) is 6.10 Å². The van der Waals surface area contributed by atoms with Crippen LogP contribution in [0.2, 0.25) is 0 Å². The maximum Gasteiger partial charge on any atom is 0.0723 e. The van der Waals surface area contributed by atoms with Crippen molar-refractivity contribution in [1.29, 1.82) is 0 Å². The lowest BCUT2D eigenvalue weighted by Crippen LogP contribution is -2.49. The first-order chi connectivity index (χ1) is 9.59. The van der Waals surface area contributed by atoms with E-state index in [-0.39, 0.29) is 6.10 Å². The molecule has 0 aliphatic heterocycles. The van der Waals surface area contributed by atoms with Crippen molar-refractivity contribution in [3.63, 3.8) is 0 Å². The van der Waals surface area contributed by atoms with Gasteiger partial charge in [-0.15, -0.1) is 0 Å². The van der Waals surface area contributed by atoms with Gasteiger partial charge in [-0.2, -0.15) is 0 Å². The van der Waals surface area contributed by atoms with Crippen molar-refractivity contribution < 1.29 is 5.11 Å². The maximum atomic E-state index is 9.88. The van der Waals surface area contributed by atoms with Gasteiger partial charge in [-0.25, -0.2) is 0 Å². The van der Waals surface area contributed by atoms with E-state index in [1.165, 1.54) is 44.9 Å². The standard InChI is InChI=1S/C18H29NO/c1-18-9-8-14-13-5-3-12(20)10-11(13)2-4-15(14)16(18)6-7-17(18)19/h10,12-17,20H,2-9,19H2,1H3/t12-,13-,14+,15+,16-,17+,18-/m0/s1. The molecule has 0 saturated heterocycles. The predicted octanol–water partition coefficient (Wildman–Crippen LogP) is 3.25. The molecule has 3 fully saturated rings. The molecule has 2 nitrogen and oxygen atoms in total. The van der Waals surface area contributed by atoms with Crippen LogP contribution in [0.25, 0.3) is 0 Å². The Morgan fingerprint density at radius 1 is 1.10 bits per heavy atom. The third-order valence-electron chi connectivity index (χ3n) is 7.51. The van der Waals surface area contributed by atoms with Crippen LogP contribution in [0.1, 0.15) is 58.3 Å². The Kier molecular flexibility index (Phi) is 3.05. The van der Waals surface area contributed by atoms with Crippen molar-refractivity contribution in [3.05, 3.63) is 11.6 Å². The minimum atomic E-state index is -0.161. The normalized spacial score (nSPS) is 54.6. The van der Waals surface area contributed by atoms with Crippen molar-refractivity contribution in [2.75, 3.05) is 0 Å². The molecule has 0 bridgehead atoms. The molecule has 2 heteroatoms. The molecule has 0 unspecified atom stereocenters. The molecule has 0 aromatic rings. The van der Waals surface area contributed by atoms with Crippen molar-refractivity contribution >= 4 is 0 Å². The van der Waals surface area contributed by atoms with Crippen molar-refractivity contribution in [1.82, 2.24) is 0 Å². The van der Waals surface area contributed by atoms with Gasteiger partial charge in [0.25, 0.3) is 0 Å². The quantitative estimate of drug-likeness (QED) is 0.667. The molecule has 0 heterocycles. The Bertz CT molecular complexity index is 431. The molecule has 3 N–H and O–H groups in total. The van der Waals surface area contributed by atoms with E-state index >= 15 is 0 Å². The third-order valence-corrected chi connectivity index (χ3v) is 7.51. The van der Waals surface area contributed by atoms with Crippen molar-refractivity contribution in [3.8, 4) is 0 Å². The summed E-state index contributed by atoms with van der Waals surface area (Å²) in [7, 11) is 0. The maximum absolute atomic E-state index is 9.88. The minimum Gasteiger partial charge on any atom is -0.389 e. The Balaban J connectivity index is 1.62. The predicted molar refractivity (Wildman–Crippen MR) is 81.1 cm³/mol. The molecule has 0 aromatic heterocycles. The van der Waals surface area contributed by atoms with Gasteiger partial charge in [-0.1, -0.05) is 18.6 Å². The molecule has 3 saturated carbocycles. The molecule has 7 atom stereocenters. The van der Waals surface area contributed by atoms with Crippen molar-refractivity contribution in [2.24, 2.45) is 34.8 Å². The molecule has 4 aliphatic carbocycles. The zero-order valence-corrected chi connectivity index (χ0v) is 12.7. The van der Waals surface area contributed by atoms with Gasteiger partial charge >= 0.3 is 0 Å². The number of rotatable bonds is 0. The molecule has 0 amide bonds. The van der Waals surface area contributed by atoms with Crippen LogP contribution < -0.4 is 5.73 Å². The van der Waals surface area contributed by atoms with E-state index in [4.69, 9.17) is 5.73 Å².